The summed E-state index contributed by atoms with van der Waals surface area (Å²) in [6.45, 7) is 2.41. The van der Waals surface area contributed by atoms with Gasteiger partial charge in [0.05, 0.1) is 23.6 Å². The summed E-state index contributed by atoms with van der Waals surface area (Å²) in [4.78, 5) is 28.6. The van der Waals surface area contributed by atoms with Gasteiger partial charge in [-0.2, -0.15) is 0 Å². The maximum atomic E-state index is 13.5. The van der Waals surface area contributed by atoms with Crippen LogP contribution in [0.4, 0.5) is 5.69 Å². The molecule has 5 nitrogen and oxygen atoms in total. The molecule has 0 spiro atoms. The molecule has 0 radical (unpaired) electrons. The van der Waals surface area contributed by atoms with E-state index in [1.165, 1.54) is 0 Å². The van der Waals surface area contributed by atoms with Crippen molar-refractivity contribution in [1.29, 1.82) is 0 Å². The first-order valence-electron chi connectivity index (χ1n) is 9.96. The van der Waals surface area contributed by atoms with Crippen LogP contribution in [0.2, 0.25) is 5.02 Å². The molecule has 0 bridgehead atoms. The summed E-state index contributed by atoms with van der Waals surface area (Å²) < 4.78 is 11.6. The van der Waals surface area contributed by atoms with Gasteiger partial charge in [0.25, 0.3) is 5.91 Å². The zero-order chi connectivity index (χ0) is 21.5. The number of carbonyl (C=O) groups is 1. The number of amides is 1. The van der Waals surface area contributed by atoms with Gasteiger partial charge in [0.1, 0.15) is 11.3 Å². The van der Waals surface area contributed by atoms with E-state index in [-0.39, 0.29) is 17.1 Å². The molecule has 1 aliphatic rings. The van der Waals surface area contributed by atoms with Crippen LogP contribution in [0.5, 0.6) is 5.75 Å². The van der Waals surface area contributed by atoms with Gasteiger partial charge in [-0.25, -0.2) is 0 Å². The van der Waals surface area contributed by atoms with Crippen molar-refractivity contribution in [2.45, 2.75) is 13.0 Å². The maximum absolute atomic E-state index is 13.5. The van der Waals surface area contributed by atoms with Crippen molar-refractivity contribution in [2.75, 3.05) is 11.5 Å². The van der Waals surface area contributed by atoms with Gasteiger partial charge in [0, 0.05) is 10.7 Å². The summed E-state index contributed by atoms with van der Waals surface area (Å²) >= 11 is 6.22. The lowest BCUT2D eigenvalue weighted by atomic mass is 9.98. The lowest BCUT2D eigenvalue weighted by molar-refractivity contribution is 0.0971. The topological polar surface area (TPSA) is 59.8 Å². The molecule has 0 saturated carbocycles. The molecule has 3 aromatic carbocycles. The average Bonchev–Trinajstić information content (AvgIpc) is 3.07. The number of hydrogen-bond donors (Lipinski definition) is 0. The normalized spacial score (nSPS) is 15.4. The highest BCUT2D eigenvalue weighted by Crippen LogP contribution is 2.42. The van der Waals surface area contributed by atoms with Crippen LogP contribution in [0, 0.1) is 0 Å². The Morgan fingerprint density at radius 2 is 1.81 bits per heavy atom. The molecular weight excluding hydrogens is 414 g/mol. The minimum Gasteiger partial charge on any atom is -0.494 e. The van der Waals surface area contributed by atoms with E-state index >= 15 is 0 Å². The number of anilines is 1. The Labute approximate surface area is 183 Å². The van der Waals surface area contributed by atoms with E-state index in [9.17, 15) is 9.59 Å². The Kier molecular flexibility index (Phi) is 4.75. The predicted molar refractivity (Wildman–Crippen MR) is 120 cm³/mol. The molecule has 4 aromatic rings. The quantitative estimate of drug-likeness (QED) is 0.422. The third kappa shape index (κ3) is 3.18. The minimum atomic E-state index is -0.665. The number of para-hydroxylation sites is 1. The highest BCUT2D eigenvalue weighted by molar-refractivity contribution is 6.31. The fraction of sp³-hybridized carbons (Fsp3) is 0.120. The van der Waals surface area contributed by atoms with Crippen LogP contribution in [-0.4, -0.2) is 12.5 Å². The fourth-order valence-corrected chi connectivity index (χ4v) is 4.25. The van der Waals surface area contributed by atoms with Crippen molar-refractivity contribution in [3.05, 3.63) is 105 Å². The summed E-state index contributed by atoms with van der Waals surface area (Å²) in [5, 5.41) is 0.931. The van der Waals surface area contributed by atoms with Crippen molar-refractivity contribution < 1.29 is 13.9 Å². The fourth-order valence-electron chi connectivity index (χ4n) is 4.07. The number of rotatable bonds is 4. The first-order chi connectivity index (χ1) is 15.1. The Morgan fingerprint density at radius 3 is 2.61 bits per heavy atom. The van der Waals surface area contributed by atoms with Crippen LogP contribution in [0.3, 0.4) is 0 Å². The first-order valence-corrected chi connectivity index (χ1v) is 10.3. The third-order valence-corrected chi connectivity index (χ3v) is 5.58. The highest BCUT2D eigenvalue weighted by Gasteiger charge is 2.43. The molecule has 1 aliphatic heterocycles. The maximum Gasteiger partial charge on any atom is 0.295 e. The molecule has 0 aliphatic carbocycles. The van der Waals surface area contributed by atoms with E-state index in [0.717, 1.165) is 5.56 Å². The zero-order valence-corrected chi connectivity index (χ0v) is 17.4. The van der Waals surface area contributed by atoms with Crippen molar-refractivity contribution in [2.24, 2.45) is 0 Å². The predicted octanol–water partition coefficient (Wildman–Crippen LogP) is 5.59. The van der Waals surface area contributed by atoms with Crippen molar-refractivity contribution in [3.63, 3.8) is 0 Å². The largest absolute Gasteiger partial charge is 0.494 e. The van der Waals surface area contributed by atoms with E-state index in [2.05, 4.69) is 0 Å². The summed E-state index contributed by atoms with van der Waals surface area (Å²) in [7, 11) is 0. The first kappa shape index (κ1) is 19.4. The lowest BCUT2D eigenvalue weighted by Gasteiger charge is -2.25. The lowest BCUT2D eigenvalue weighted by Crippen LogP contribution is -2.29. The smallest absolute Gasteiger partial charge is 0.295 e. The molecule has 1 aromatic heterocycles. The molecule has 5 rings (SSSR count). The van der Waals surface area contributed by atoms with Crippen LogP contribution in [0.15, 0.2) is 82.0 Å². The Bertz CT molecular complexity index is 1380. The van der Waals surface area contributed by atoms with Gasteiger partial charge < -0.3 is 9.15 Å². The average molecular weight is 432 g/mol. The second-order valence-corrected chi connectivity index (χ2v) is 7.67. The van der Waals surface area contributed by atoms with Crippen molar-refractivity contribution in [3.8, 4) is 5.75 Å². The molecule has 1 unspecified atom stereocenters. The standard InChI is InChI=1S/C25H18ClNO4/c1-2-30-18-10-5-7-15(13-18)22-21-23(28)19-11-3-4-12-20(19)31-24(21)25(29)27(22)17-9-6-8-16(26)14-17/h3-14,22H,2H2,1H3. The highest BCUT2D eigenvalue weighted by atomic mass is 35.5. The van der Waals surface area contributed by atoms with Crippen molar-refractivity contribution >= 4 is 34.2 Å². The number of nitrogens with zero attached hydrogens (tertiary/aromatic N) is 1. The van der Waals surface area contributed by atoms with Crippen molar-refractivity contribution in [1.82, 2.24) is 0 Å². The van der Waals surface area contributed by atoms with E-state index in [0.29, 0.717) is 39.6 Å². The molecule has 154 valence electrons. The van der Waals surface area contributed by atoms with Gasteiger partial charge in [-0.05, 0) is 55.0 Å². The second kappa shape index (κ2) is 7.60. The van der Waals surface area contributed by atoms with Gasteiger partial charge in [-0.1, -0.05) is 41.9 Å². The van der Waals surface area contributed by atoms with Crippen LogP contribution < -0.4 is 15.1 Å². The summed E-state index contributed by atoms with van der Waals surface area (Å²) in [5.41, 5.74) is 1.81. The molecular formula is C25H18ClNO4. The van der Waals surface area contributed by atoms with Gasteiger partial charge in [0.15, 0.2) is 5.43 Å². The third-order valence-electron chi connectivity index (χ3n) is 5.35. The number of hydrogen-bond acceptors (Lipinski definition) is 4. The molecule has 1 atom stereocenters. The summed E-state index contributed by atoms with van der Waals surface area (Å²) in [6, 6.07) is 20.7. The van der Waals surface area contributed by atoms with E-state index < -0.39 is 6.04 Å². The molecule has 2 heterocycles. The van der Waals surface area contributed by atoms with Gasteiger partial charge in [-0.3, -0.25) is 14.5 Å². The molecule has 31 heavy (non-hydrogen) atoms. The van der Waals surface area contributed by atoms with Crippen LogP contribution in [0.1, 0.15) is 34.6 Å². The second-order valence-electron chi connectivity index (χ2n) is 7.23. The molecule has 0 saturated heterocycles. The van der Waals surface area contributed by atoms with Gasteiger partial charge >= 0.3 is 0 Å². The Balaban J connectivity index is 1.80. The number of carbonyl (C=O) groups excluding carboxylic acids is 1. The number of benzene rings is 3. The van der Waals surface area contributed by atoms with E-state index in [1.54, 1.807) is 53.4 Å². The van der Waals surface area contributed by atoms with Crippen LogP contribution >= 0.6 is 11.6 Å². The van der Waals surface area contributed by atoms with Crippen LogP contribution in [-0.2, 0) is 0 Å². The van der Waals surface area contributed by atoms with Gasteiger partial charge in [-0.15, -0.1) is 0 Å². The molecule has 6 heteroatoms. The monoisotopic (exact) mass is 431 g/mol. The number of fused-ring (bicyclic) bond motifs is 2. The number of ether oxygens (including phenoxy) is 1. The zero-order valence-electron chi connectivity index (χ0n) is 16.7. The van der Waals surface area contributed by atoms with E-state index in [1.807, 2.05) is 31.2 Å². The van der Waals surface area contributed by atoms with E-state index in [4.69, 9.17) is 20.8 Å². The summed E-state index contributed by atoms with van der Waals surface area (Å²) in [5.74, 6) is 0.333. The molecule has 0 N–H and O–H groups in total. The van der Waals surface area contributed by atoms with Gasteiger partial charge in [0.2, 0.25) is 5.76 Å². The SMILES string of the molecule is CCOc1cccc(C2c3c(oc4ccccc4c3=O)C(=O)N2c2cccc(Cl)c2)c1. The minimum absolute atomic E-state index is 0.0514. The summed E-state index contributed by atoms with van der Waals surface area (Å²) in [6.07, 6.45) is 0. The van der Waals surface area contributed by atoms with Crippen LogP contribution in [0.25, 0.3) is 11.0 Å². The Hall–Kier alpha value is -3.57. The number of halogens is 1. The molecule has 1 amide bonds. The Morgan fingerprint density at radius 1 is 1.00 bits per heavy atom. The molecule has 0 fully saturated rings.